The first-order valence-electron chi connectivity index (χ1n) is 9.99. The lowest BCUT2D eigenvalue weighted by Gasteiger charge is -2.28. The van der Waals surface area contributed by atoms with Crippen molar-refractivity contribution in [2.45, 2.75) is 6.42 Å². The molecule has 0 radical (unpaired) electrons. The van der Waals surface area contributed by atoms with Gasteiger partial charge in [0.1, 0.15) is 17.6 Å². The van der Waals surface area contributed by atoms with Crippen molar-refractivity contribution in [3.8, 4) is 0 Å². The van der Waals surface area contributed by atoms with Crippen LogP contribution in [0.3, 0.4) is 0 Å². The fourth-order valence-electron chi connectivity index (χ4n) is 3.69. The summed E-state index contributed by atoms with van der Waals surface area (Å²) in [6.45, 7) is 3.46. The molecule has 0 atom stereocenters. The number of nitrogens with one attached hydrogen (secondary N) is 1. The van der Waals surface area contributed by atoms with Crippen LogP contribution in [0, 0.1) is 0 Å². The number of rotatable bonds is 4. The third kappa shape index (κ3) is 3.82. The highest BCUT2D eigenvalue weighted by molar-refractivity contribution is 5.92. The maximum absolute atomic E-state index is 5.73. The molecule has 0 unspecified atom stereocenters. The van der Waals surface area contributed by atoms with Crippen LogP contribution in [0.1, 0.15) is 13.4 Å². The van der Waals surface area contributed by atoms with Gasteiger partial charge in [0.25, 0.3) is 0 Å². The molecule has 3 heterocycles. The second-order valence-corrected chi connectivity index (χ2v) is 7.15. The van der Waals surface area contributed by atoms with Gasteiger partial charge in [-0.2, -0.15) is 0 Å². The maximum Gasteiger partial charge on any atom is 0.153 e. The van der Waals surface area contributed by atoms with Gasteiger partial charge in [-0.25, -0.2) is 4.98 Å². The predicted octanol–water partition coefficient (Wildman–Crippen LogP) is 5.55. The Bertz CT molecular complexity index is 1090. The smallest absolute Gasteiger partial charge is 0.153 e. The molecule has 1 aliphatic carbocycles. The number of anilines is 3. The average molecular weight is 387 g/mol. The van der Waals surface area contributed by atoms with Crippen molar-refractivity contribution in [3.63, 3.8) is 0 Å². The van der Waals surface area contributed by atoms with Crippen LogP contribution >= 0.6 is 0 Å². The van der Waals surface area contributed by atoms with Crippen LogP contribution in [0.2, 0.25) is 0 Å². The van der Waals surface area contributed by atoms with Gasteiger partial charge in [0.15, 0.2) is 5.58 Å². The summed E-state index contributed by atoms with van der Waals surface area (Å²) in [4.78, 5) is 7.17. The van der Waals surface area contributed by atoms with E-state index in [0.29, 0.717) is 0 Å². The SMILES string of the molecule is C1=CCC=C(c2coc3ccc(Nc4ccc(N5CCOCC5)cc4)nc23)C=C1.[HH]. The Morgan fingerprint density at radius 1 is 1.00 bits per heavy atom. The zero-order valence-corrected chi connectivity index (χ0v) is 16.2. The highest BCUT2D eigenvalue weighted by atomic mass is 16.5. The van der Waals surface area contributed by atoms with E-state index in [9.17, 15) is 0 Å². The molecule has 5 heteroatoms. The molecular weight excluding hydrogens is 362 g/mol. The van der Waals surface area contributed by atoms with Gasteiger partial charge < -0.3 is 19.4 Å². The minimum Gasteiger partial charge on any atom is -0.462 e. The summed E-state index contributed by atoms with van der Waals surface area (Å²) in [5, 5.41) is 3.41. The number of fused-ring (bicyclic) bond motifs is 1. The van der Waals surface area contributed by atoms with Gasteiger partial charge in [-0.05, 0) is 48.4 Å². The largest absolute Gasteiger partial charge is 0.462 e. The summed E-state index contributed by atoms with van der Waals surface area (Å²) in [6, 6.07) is 12.4. The van der Waals surface area contributed by atoms with E-state index in [1.165, 1.54) is 5.69 Å². The van der Waals surface area contributed by atoms with Crippen molar-refractivity contribution < 1.29 is 10.6 Å². The van der Waals surface area contributed by atoms with Gasteiger partial charge >= 0.3 is 0 Å². The molecular formula is C24H25N3O2. The number of ether oxygens (including phenoxy) is 1. The molecule has 1 saturated heterocycles. The summed E-state index contributed by atoms with van der Waals surface area (Å²) < 4.78 is 11.2. The van der Waals surface area contributed by atoms with Gasteiger partial charge in [0.05, 0.1) is 13.2 Å². The number of nitrogens with zero attached hydrogens (tertiary/aromatic N) is 2. The van der Waals surface area contributed by atoms with Crippen molar-refractivity contribution in [3.05, 3.63) is 78.6 Å². The predicted molar refractivity (Wildman–Crippen MR) is 120 cm³/mol. The van der Waals surface area contributed by atoms with Crippen LogP contribution in [0.15, 0.2) is 77.5 Å². The molecule has 0 saturated carbocycles. The van der Waals surface area contributed by atoms with Crippen LogP contribution in [-0.2, 0) is 4.74 Å². The summed E-state index contributed by atoms with van der Waals surface area (Å²) in [7, 11) is 0. The summed E-state index contributed by atoms with van der Waals surface area (Å²) in [5.74, 6) is 0.801. The van der Waals surface area contributed by atoms with E-state index in [2.05, 4.69) is 64.9 Å². The van der Waals surface area contributed by atoms with E-state index in [0.717, 1.165) is 66.5 Å². The fraction of sp³-hybridized carbons (Fsp3) is 0.208. The molecule has 0 bridgehead atoms. The lowest BCUT2D eigenvalue weighted by Crippen LogP contribution is -2.36. The molecule has 1 fully saturated rings. The number of allylic oxidation sites excluding steroid dienone is 6. The standard InChI is InChI=1S/C24H23N3O2.H2/c1-2-4-6-18(5-3-1)21-17-29-22-11-12-23(26-24(21)22)25-19-7-9-20(10-8-19)27-13-15-28-16-14-27;/h1-3,5-12,17H,4,13-16H2,(H,25,26);1H. The third-order valence-corrected chi connectivity index (χ3v) is 5.24. The summed E-state index contributed by atoms with van der Waals surface area (Å²) in [6.07, 6.45) is 13.2. The molecule has 5 nitrogen and oxygen atoms in total. The number of benzene rings is 1. The van der Waals surface area contributed by atoms with E-state index in [-0.39, 0.29) is 1.43 Å². The summed E-state index contributed by atoms with van der Waals surface area (Å²) in [5.41, 5.74) is 6.05. The number of morpholine rings is 1. The van der Waals surface area contributed by atoms with E-state index >= 15 is 0 Å². The van der Waals surface area contributed by atoms with Crippen LogP contribution in [0.4, 0.5) is 17.2 Å². The molecule has 1 N–H and O–H groups in total. The van der Waals surface area contributed by atoms with Crippen molar-refractivity contribution in [1.29, 1.82) is 0 Å². The Morgan fingerprint density at radius 2 is 1.86 bits per heavy atom. The third-order valence-electron chi connectivity index (χ3n) is 5.24. The highest BCUT2D eigenvalue weighted by Crippen LogP contribution is 2.30. The first kappa shape index (κ1) is 17.8. The number of hydrogen-bond donors (Lipinski definition) is 1. The van der Waals surface area contributed by atoms with Gasteiger partial charge in [-0.15, -0.1) is 0 Å². The molecule has 1 aliphatic heterocycles. The van der Waals surface area contributed by atoms with Crippen molar-refractivity contribution in [2.75, 3.05) is 36.5 Å². The Kier molecular flexibility index (Phi) is 4.88. The minimum absolute atomic E-state index is 0. The van der Waals surface area contributed by atoms with Crippen LogP contribution in [0.5, 0.6) is 0 Å². The second-order valence-electron chi connectivity index (χ2n) is 7.15. The molecule has 2 aliphatic rings. The molecule has 2 aromatic heterocycles. The second kappa shape index (κ2) is 7.97. The molecule has 148 valence electrons. The first-order chi connectivity index (χ1) is 14.4. The first-order valence-corrected chi connectivity index (χ1v) is 9.99. The van der Waals surface area contributed by atoms with Crippen molar-refractivity contribution in [1.82, 2.24) is 4.98 Å². The molecule has 1 aromatic carbocycles. The van der Waals surface area contributed by atoms with Crippen molar-refractivity contribution in [2.24, 2.45) is 0 Å². The number of hydrogen-bond acceptors (Lipinski definition) is 5. The monoisotopic (exact) mass is 387 g/mol. The zero-order valence-electron chi connectivity index (χ0n) is 16.2. The Hall–Kier alpha value is -3.31. The lowest BCUT2D eigenvalue weighted by atomic mass is 10.1. The molecule has 0 amide bonds. The normalized spacial score (nSPS) is 16.7. The molecule has 29 heavy (non-hydrogen) atoms. The van der Waals surface area contributed by atoms with Crippen LogP contribution < -0.4 is 10.2 Å². The Labute approximate surface area is 171 Å². The molecule has 3 aromatic rings. The van der Waals surface area contributed by atoms with E-state index in [1.54, 1.807) is 6.26 Å². The minimum atomic E-state index is 0. The zero-order chi connectivity index (χ0) is 19.5. The van der Waals surface area contributed by atoms with E-state index < -0.39 is 0 Å². The van der Waals surface area contributed by atoms with Gasteiger partial charge in [0.2, 0.25) is 0 Å². The van der Waals surface area contributed by atoms with E-state index in [1.807, 2.05) is 12.1 Å². The Morgan fingerprint density at radius 3 is 2.72 bits per heavy atom. The van der Waals surface area contributed by atoms with Gasteiger partial charge in [-0.1, -0.05) is 30.4 Å². The topological polar surface area (TPSA) is 50.5 Å². The number of furan rings is 1. The van der Waals surface area contributed by atoms with Crippen LogP contribution in [-0.4, -0.2) is 31.3 Å². The van der Waals surface area contributed by atoms with Crippen LogP contribution in [0.25, 0.3) is 16.7 Å². The van der Waals surface area contributed by atoms with Gasteiger partial charge in [0, 0.05) is 31.5 Å². The highest BCUT2D eigenvalue weighted by Gasteiger charge is 2.13. The number of pyridine rings is 1. The van der Waals surface area contributed by atoms with Gasteiger partial charge in [-0.3, -0.25) is 0 Å². The van der Waals surface area contributed by atoms with Crippen molar-refractivity contribution >= 4 is 33.9 Å². The molecule has 5 rings (SSSR count). The Balaban J connectivity index is 0.00000218. The fourth-order valence-corrected chi connectivity index (χ4v) is 3.69. The number of aromatic nitrogens is 1. The molecule has 0 spiro atoms. The summed E-state index contributed by atoms with van der Waals surface area (Å²) >= 11 is 0. The maximum atomic E-state index is 5.73. The quantitative estimate of drug-likeness (QED) is 0.636. The lowest BCUT2D eigenvalue weighted by molar-refractivity contribution is 0.122. The average Bonchev–Trinajstić information content (AvgIpc) is 3.00. The van der Waals surface area contributed by atoms with E-state index in [4.69, 9.17) is 14.1 Å².